The first-order valence-electron chi connectivity index (χ1n) is 11.2. The van der Waals surface area contributed by atoms with Gasteiger partial charge in [-0.2, -0.15) is 5.10 Å². The Morgan fingerprint density at radius 2 is 1.93 bits per heavy atom. The van der Waals surface area contributed by atoms with Crippen molar-refractivity contribution >= 4 is 11.6 Å². The molecule has 1 N–H and O–H groups in total. The Labute approximate surface area is 178 Å². The van der Waals surface area contributed by atoms with E-state index in [1.54, 1.807) is 7.11 Å². The summed E-state index contributed by atoms with van der Waals surface area (Å²) in [5.74, 6) is 1.05. The van der Waals surface area contributed by atoms with Crippen LogP contribution >= 0.6 is 0 Å². The number of carbonyl (C=O) groups excluding carboxylic acids is 1. The Morgan fingerprint density at radius 3 is 2.77 bits per heavy atom. The van der Waals surface area contributed by atoms with Crippen molar-refractivity contribution in [2.45, 2.75) is 38.1 Å². The minimum absolute atomic E-state index is 0.117. The Morgan fingerprint density at radius 1 is 1.10 bits per heavy atom. The lowest BCUT2D eigenvalue weighted by Crippen LogP contribution is -2.56. The lowest BCUT2D eigenvalue weighted by Gasteiger charge is -2.44. The number of piperazine rings is 1. The van der Waals surface area contributed by atoms with Gasteiger partial charge < -0.3 is 14.5 Å². The standard InChI is InChI=1S/C23H31N5O2/c1-30-21-10-3-2-9-20(21)27-14-12-26(13-15-27)17-6-5-11-28(16-17)23(29)22-18-7-4-8-19(18)24-25-22/h2-3,9-10,17H,4-8,11-16H2,1H3,(H,24,25). The van der Waals surface area contributed by atoms with Gasteiger partial charge >= 0.3 is 0 Å². The van der Waals surface area contributed by atoms with Gasteiger partial charge in [0.2, 0.25) is 0 Å². The molecule has 2 aromatic rings. The molecule has 2 saturated heterocycles. The first-order chi connectivity index (χ1) is 14.7. The van der Waals surface area contributed by atoms with Gasteiger partial charge in [-0.15, -0.1) is 0 Å². The van der Waals surface area contributed by atoms with Crippen LogP contribution in [-0.2, 0) is 12.8 Å². The van der Waals surface area contributed by atoms with Crippen LogP contribution in [0.15, 0.2) is 24.3 Å². The third kappa shape index (κ3) is 3.55. The van der Waals surface area contributed by atoms with Crippen LogP contribution in [0.3, 0.4) is 0 Å². The number of benzene rings is 1. The molecule has 1 aromatic heterocycles. The van der Waals surface area contributed by atoms with Crippen LogP contribution in [0.25, 0.3) is 0 Å². The molecule has 3 heterocycles. The van der Waals surface area contributed by atoms with Crippen molar-refractivity contribution < 1.29 is 9.53 Å². The second-order valence-electron chi connectivity index (χ2n) is 8.62. The lowest BCUT2D eigenvalue weighted by molar-refractivity contribution is 0.0557. The third-order valence-electron chi connectivity index (χ3n) is 6.95. The minimum atomic E-state index is 0.117. The summed E-state index contributed by atoms with van der Waals surface area (Å²) >= 11 is 0. The number of hydrogen-bond donors (Lipinski definition) is 1. The first-order valence-corrected chi connectivity index (χ1v) is 11.2. The van der Waals surface area contributed by atoms with Gasteiger partial charge in [0, 0.05) is 56.6 Å². The number of amides is 1. The maximum atomic E-state index is 13.2. The summed E-state index contributed by atoms with van der Waals surface area (Å²) in [7, 11) is 1.73. The summed E-state index contributed by atoms with van der Waals surface area (Å²) in [6, 6.07) is 8.69. The number of methoxy groups -OCH3 is 1. The quantitative estimate of drug-likeness (QED) is 0.840. The van der Waals surface area contributed by atoms with E-state index in [1.807, 2.05) is 17.0 Å². The number of H-pyrrole nitrogens is 1. The van der Waals surface area contributed by atoms with Gasteiger partial charge in [0.25, 0.3) is 5.91 Å². The topological polar surface area (TPSA) is 64.7 Å². The number of hydrogen-bond acceptors (Lipinski definition) is 5. The smallest absolute Gasteiger partial charge is 0.274 e. The SMILES string of the molecule is COc1ccccc1N1CCN(C2CCCN(C(=O)c3n[nH]c4c3CCC4)C2)CC1. The molecule has 7 nitrogen and oxygen atoms in total. The number of para-hydroxylation sites is 2. The molecule has 1 aromatic carbocycles. The van der Waals surface area contributed by atoms with E-state index in [0.717, 1.165) is 82.7 Å². The molecule has 2 aliphatic heterocycles. The number of fused-ring (bicyclic) bond motifs is 1. The number of aromatic nitrogens is 2. The monoisotopic (exact) mass is 409 g/mol. The van der Waals surface area contributed by atoms with Gasteiger partial charge in [0.15, 0.2) is 5.69 Å². The number of anilines is 1. The Kier molecular flexibility index (Phi) is 5.37. The minimum Gasteiger partial charge on any atom is -0.495 e. The summed E-state index contributed by atoms with van der Waals surface area (Å²) < 4.78 is 5.54. The van der Waals surface area contributed by atoms with E-state index in [-0.39, 0.29) is 5.91 Å². The fourth-order valence-electron chi connectivity index (χ4n) is 5.30. The summed E-state index contributed by atoms with van der Waals surface area (Å²) in [4.78, 5) is 20.2. The van der Waals surface area contributed by atoms with Gasteiger partial charge in [-0.05, 0) is 44.2 Å². The molecule has 1 aliphatic carbocycles. The highest BCUT2D eigenvalue weighted by atomic mass is 16.5. The Hall–Kier alpha value is -2.54. The second kappa shape index (κ2) is 8.30. The zero-order valence-corrected chi connectivity index (χ0v) is 17.8. The average Bonchev–Trinajstić information content (AvgIpc) is 3.43. The van der Waals surface area contributed by atoms with Crippen LogP contribution < -0.4 is 9.64 Å². The van der Waals surface area contributed by atoms with Crippen LogP contribution in [0.1, 0.15) is 41.0 Å². The van der Waals surface area contributed by atoms with E-state index >= 15 is 0 Å². The molecule has 7 heteroatoms. The van der Waals surface area contributed by atoms with E-state index < -0.39 is 0 Å². The van der Waals surface area contributed by atoms with Crippen molar-refractivity contribution in [3.05, 3.63) is 41.2 Å². The number of nitrogens with zero attached hydrogens (tertiary/aromatic N) is 4. The number of rotatable bonds is 4. The Bertz CT molecular complexity index is 903. The molecule has 0 spiro atoms. The van der Waals surface area contributed by atoms with E-state index in [0.29, 0.717) is 11.7 Å². The molecule has 3 aliphatic rings. The molecule has 1 amide bonds. The van der Waals surface area contributed by atoms with Crippen molar-refractivity contribution in [3.63, 3.8) is 0 Å². The van der Waals surface area contributed by atoms with Gasteiger partial charge in [-0.25, -0.2) is 0 Å². The van der Waals surface area contributed by atoms with E-state index in [2.05, 4.69) is 32.1 Å². The molecule has 2 fully saturated rings. The van der Waals surface area contributed by atoms with Crippen molar-refractivity contribution in [1.29, 1.82) is 0 Å². The molecule has 30 heavy (non-hydrogen) atoms. The summed E-state index contributed by atoms with van der Waals surface area (Å²) in [5.41, 5.74) is 4.17. The highest BCUT2D eigenvalue weighted by Crippen LogP contribution is 2.30. The molecule has 1 atom stereocenters. The van der Waals surface area contributed by atoms with E-state index in [9.17, 15) is 4.79 Å². The largest absolute Gasteiger partial charge is 0.495 e. The number of aryl methyl sites for hydroxylation is 1. The maximum Gasteiger partial charge on any atom is 0.274 e. The van der Waals surface area contributed by atoms with Crippen LogP contribution in [0.4, 0.5) is 5.69 Å². The predicted molar refractivity (Wildman–Crippen MR) is 116 cm³/mol. The number of ether oxygens (including phenoxy) is 1. The first kappa shape index (κ1) is 19.4. The number of likely N-dealkylation sites (tertiary alicyclic amines) is 1. The molecule has 1 unspecified atom stereocenters. The fraction of sp³-hybridized carbons (Fsp3) is 0.565. The van der Waals surface area contributed by atoms with Crippen LogP contribution in [0, 0.1) is 0 Å². The lowest BCUT2D eigenvalue weighted by atomic mass is 10.0. The number of aromatic amines is 1. The normalized spacial score (nSPS) is 22.2. The highest BCUT2D eigenvalue weighted by molar-refractivity contribution is 5.94. The van der Waals surface area contributed by atoms with Gasteiger partial charge in [-0.1, -0.05) is 12.1 Å². The number of nitrogens with one attached hydrogen (secondary N) is 1. The van der Waals surface area contributed by atoms with Crippen molar-refractivity contribution in [2.24, 2.45) is 0 Å². The van der Waals surface area contributed by atoms with Gasteiger partial charge in [-0.3, -0.25) is 14.8 Å². The average molecular weight is 410 g/mol. The van der Waals surface area contributed by atoms with E-state index in [1.165, 1.54) is 11.4 Å². The van der Waals surface area contributed by atoms with Crippen molar-refractivity contribution in [2.75, 3.05) is 51.3 Å². The van der Waals surface area contributed by atoms with Gasteiger partial charge in [0.05, 0.1) is 12.8 Å². The van der Waals surface area contributed by atoms with Crippen molar-refractivity contribution in [1.82, 2.24) is 20.0 Å². The molecule has 160 valence electrons. The van der Waals surface area contributed by atoms with Gasteiger partial charge in [0.1, 0.15) is 5.75 Å². The Balaban J connectivity index is 1.21. The third-order valence-corrected chi connectivity index (χ3v) is 6.95. The number of piperidine rings is 1. The van der Waals surface area contributed by atoms with Crippen LogP contribution in [-0.4, -0.2) is 78.3 Å². The molecule has 0 saturated carbocycles. The molecule has 0 bridgehead atoms. The van der Waals surface area contributed by atoms with Crippen LogP contribution in [0.2, 0.25) is 0 Å². The summed E-state index contributed by atoms with van der Waals surface area (Å²) in [6.07, 6.45) is 5.36. The zero-order valence-electron chi connectivity index (χ0n) is 17.8. The highest BCUT2D eigenvalue weighted by Gasteiger charge is 2.33. The second-order valence-corrected chi connectivity index (χ2v) is 8.62. The fourth-order valence-corrected chi connectivity index (χ4v) is 5.30. The molecular formula is C23H31N5O2. The maximum absolute atomic E-state index is 13.2. The molecular weight excluding hydrogens is 378 g/mol. The summed E-state index contributed by atoms with van der Waals surface area (Å²) in [5, 5.41) is 7.45. The zero-order chi connectivity index (χ0) is 20.5. The predicted octanol–water partition coefficient (Wildman–Crippen LogP) is 2.33. The number of carbonyl (C=O) groups is 1. The van der Waals surface area contributed by atoms with E-state index in [4.69, 9.17) is 4.74 Å². The molecule has 5 rings (SSSR count). The molecule has 0 radical (unpaired) electrons. The van der Waals surface area contributed by atoms with Crippen molar-refractivity contribution in [3.8, 4) is 5.75 Å². The summed E-state index contributed by atoms with van der Waals surface area (Å²) in [6.45, 7) is 5.66. The van der Waals surface area contributed by atoms with Crippen LogP contribution in [0.5, 0.6) is 5.75 Å².